The molecule has 1 aliphatic rings. The van der Waals surface area contributed by atoms with Crippen molar-refractivity contribution in [2.24, 2.45) is 0 Å². The van der Waals surface area contributed by atoms with E-state index in [4.69, 9.17) is 0 Å². The molecule has 7 heteroatoms. The fraction of sp³-hybridized carbons (Fsp3) is 0.875. The van der Waals surface area contributed by atoms with Crippen molar-refractivity contribution in [2.45, 2.75) is 6.04 Å². The number of nitrogens with zero attached hydrogens (tertiary/aromatic N) is 1. The van der Waals surface area contributed by atoms with Crippen molar-refractivity contribution in [1.29, 1.82) is 0 Å². The summed E-state index contributed by atoms with van der Waals surface area (Å²) in [5.41, 5.74) is 0. The first-order valence-electron chi connectivity index (χ1n) is 4.64. The van der Waals surface area contributed by atoms with Gasteiger partial charge in [-0.15, -0.1) is 11.8 Å². The summed E-state index contributed by atoms with van der Waals surface area (Å²) in [6.07, 6.45) is 1.18. The number of thioether (sulfide) groups is 1. The Bertz CT molecular complexity index is 323. The number of likely N-dealkylation sites (N-methyl/N-ethyl adjacent to an activating group) is 1. The lowest BCUT2D eigenvalue weighted by Gasteiger charge is -2.20. The topological polar surface area (TPSA) is 66.5 Å². The molecule has 0 aromatic carbocycles. The van der Waals surface area contributed by atoms with Crippen molar-refractivity contribution in [2.75, 3.05) is 37.2 Å². The van der Waals surface area contributed by atoms with Crippen LogP contribution in [0.15, 0.2) is 0 Å². The summed E-state index contributed by atoms with van der Waals surface area (Å²) >= 11 is 1.67. The Balaban J connectivity index is 2.39. The maximum atomic E-state index is 11.7. The predicted molar refractivity (Wildman–Crippen MR) is 61.6 cm³/mol. The van der Waals surface area contributed by atoms with E-state index in [-0.39, 0.29) is 24.2 Å². The number of carbonyl (C=O) groups is 1. The van der Waals surface area contributed by atoms with Gasteiger partial charge in [0.25, 0.3) is 0 Å². The molecule has 0 radical (unpaired) electrons. The lowest BCUT2D eigenvalue weighted by atomic mass is 10.3. The van der Waals surface area contributed by atoms with E-state index in [0.29, 0.717) is 0 Å². The smallest absolute Gasteiger partial charge is 0.240 e. The molecule has 1 saturated heterocycles. The molecular formula is C8H16N2O3S2. The number of hydrogen-bond acceptors (Lipinski definition) is 5. The molecule has 1 rings (SSSR count). The molecule has 15 heavy (non-hydrogen) atoms. The van der Waals surface area contributed by atoms with Gasteiger partial charge in [-0.25, -0.2) is 8.42 Å². The van der Waals surface area contributed by atoms with Crippen LogP contribution in [0.1, 0.15) is 0 Å². The maximum Gasteiger partial charge on any atom is 0.240 e. The quantitative estimate of drug-likeness (QED) is 0.706. The Kier molecular flexibility index (Phi) is 4.42. The zero-order chi connectivity index (χ0) is 11.5. The molecule has 1 atom stereocenters. The predicted octanol–water partition coefficient (Wildman–Crippen LogP) is -0.848. The highest BCUT2D eigenvalue weighted by Gasteiger charge is 2.25. The average molecular weight is 252 g/mol. The third-order valence-electron chi connectivity index (χ3n) is 2.19. The largest absolute Gasteiger partial charge is 0.343 e. The van der Waals surface area contributed by atoms with Gasteiger partial charge in [-0.05, 0) is 0 Å². The second-order valence-electron chi connectivity index (χ2n) is 3.66. The molecule has 0 bridgehead atoms. The van der Waals surface area contributed by atoms with Gasteiger partial charge in [-0.3, -0.25) is 10.1 Å². The van der Waals surface area contributed by atoms with Crippen molar-refractivity contribution < 1.29 is 13.2 Å². The Morgan fingerprint density at radius 1 is 1.60 bits per heavy atom. The van der Waals surface area contributed by atoms with Crippen LogP contribution in [-0.4, -0.2) is 62.5 Å². The fourth-order valence-corrected chi connectivity index (χ4v) is 2.77. The van der Waals surface area contributed by atoms with Crippen LogP contribution < -0.4 is 5.32 Å². The number of sulfone groups is 1. The van der Waals surface area contributed by atoms with E-state index in [1.165, 1.54) is 11.2 Å². The summed E-state index contributed by atoms with van der Waals surface area (Å²) in [6.45, 7) is 0.264. The normalized spacial score (nSPS) is 21.6. The summed E-state index contributed by atoms with van der Waals surface area (Å²) in [5, 5.41) is 3.06. The molecule has 0 aromatic rings. The number of rotatable bonds is 4. The molecule has 1 N–H and O–H groups in total. The number of carbonyl (C=O) groups excluding carboxylic acids is 1. The van der Waals surface area contributed by atoms with Crippen LogP contribution in [-0.2, 0) is 14.6 Å². The number of hydrogen-bond donors (Lipinski definition) is 1. The Morgan fingerprint density at radius 3 is 2.73 bits per heavy atom. The van der Waals surface area contributed by atoms with Crippen LogP contribution in [0.3, 0.4) is 0 Å². The van der Waals surface area contributed by atoms with Gasteiger partial charge in [-0.2, -0.15) is 0 Å². The molecule has 0 aromatic heterocycles. The van der Waals surface area contributed by atoms with Crippen LogP contribution in [0.5, 0.6) is 0 Å². The molecule has 0 saturated carbocycles. The van der Waals surface area contributed by atoms with E-state index in [2.05, 4.69) is 5.32 Å². The minimum Gasteiger partial charge on any atom is -0.343 e. The average Bonchev–Trinajstić information content (AvgIpc) is 2.64. The first kappa shape index (κ1) is 12.8. The SMILES string of the molecule is CN(CCS(C)(=O)=O)C(=O)[C@H]1CSCN1. The van der Waals surface area contributed by atoms with E-state index in [1.54, 1.807) is 18.8 Å². The van der Waals surface area contributed by atoms with Crippen molar-refractivity contribution >= 4 is 27.5 Å². The molecule has 1 fully saturated rings. The van der Waals surface area contributed by atoms with Gasteiger partial charge in [0.2, 0.25) is 5.91 Å². The van der Waals surface area contributed by atoms with Gasteiger partial charge in [0, 0.05) is 31.5 Å². The third-order valence-corrected chi connectivity index (χ3v) is 4.05. The van der Waals surface area contributed by atoms with Crippen molar-refractivity contribution in [3.8, 4) is 0 Å². The summed E-state index contributed by atoms with van der Waals surface area (Å²) < 4.78 is 21.8. The fourth-order valence-electron chi connectivity index (χ4n) is 1.23. The van der Waals surface area contributed by atoms with Gasteiger partial charge >= 0.3 is 0 Å². The highest BCUT2D eigenvalue weighted by molar-refractivity contribution is 7.99. The van der Waals surface area contributed by atoms with E-state index >= 15 is 0 Å². The zero-order valence-corrected chi connectivity index (χ0v) is 10.5. The van der Waals surface area contributed by atoms with Crippen LogP contribution in [0.2, 0.25) is 0 Å². The van der Waals surface area contributed by atoms with E-state index in [9.17, 15) is 13.2 Å². The zero-order valence-electron chi connectivity index (χ0n) is 8.89. The molecule has 1 amide bonds. The molecule has 5 nitrogen and oxygen atoms in total. The van der Waals surface area contributed by atoms with E-state index < -0.39 is 9.84 Å². The summed E-state index contributed by atoms with van der Waals surface area (Å²) in [6, 6.07) is -0.153. The summed E-state index contributed by atoms with van der Waals surface area (Å²) in [4.78, 5) is 13.2. The molecule has 1 heterocycles. The van der Waals surface area contributed by atoms with E-state index in [1.807, 2.05) is 0 Å². The maximum absolute atomic E-state index is 11.7. The van der Waals surface area contributed by atoms with Crippen LogP contribution in [0.4, 0.5) is 0 Å². The first-order chi connectivity index (χ1) is 6.90. The molecule has 1 aliphatic heterocycles. The van der Waals surface area contributed by atoms with E-state index in [0.717, 1.165) is 11.6 Å². The van der Waals surface area contributed by atoms with Crippen molar-refractivity contribution in [1.82, 2.24) is 10.2 Å². The molecule has 0 spiro atoms. The van der Waals surface area contributed by atoms with Gasteiger partial charge < -0.3 is 4.90 Å². The Labute approximate surface area is 94.5 Å². The molecule has 0 unspecified atom stereocenters. The lowest BCUT2D eigenvalue weighted by Crippen LogP contribution is -2.44. The Hall–Kier alpha value is -0.270. The number of nitrogens with one attached hydrogen (secondary N) is 1. The van der Waals surface area contributed by atoms with Gasteiger partial charge in [-0.1, -0.05) is 0 Å². The van der Waals surface area contributed by atoms with Gasteiger partial charge in [0.15, 0.2) is 0 Å². The molecular weight excluding hydrogens is 236 g/mol. The minimum absolute atomic E-state index is 0.0229. The summed E-state index contributed by atoms with van der Waals surface area (Å²) in [7, 11) is -1.36. The Morgan fingerprint density at radius 2 is 2.27 bits per heavy atom. The summed E-state index contributed by atoms with van der Waals surface area (Å²) in [5.74, 6) is 1.55. The molecule has 0 aliphatic carbocycles. The first-order valence-corrected chi connectivity index (χ1v) is 7.85. The monoisotopic (exact) mass is 252 g/mol. The van der Waals surface area contributed by atoms with Crippen LogP contribution >= 0.6 is 11.8 Å². The number of amides is 1. The highest BCUT2D eigenvalue weighted by atomic mass is 32.2. The van der Waals surface area contributed by atoms with Crippen molar-refractivity contribution in [3.05, 3.63) is 0 Å². The second kappa shape index (κ2) is 5.18. The van der Waals surface area contributed by atoms with Crippen molar-refractivity contribution in [3.63, 3.8) is 0 Å². The van der Waals surface area contributed by atoms with Crippen LogP contribution in [0, 0.1) is 0 Å². The third kappa shape index (κ3) is 4.40. The second-order valence-corrected chi connectivity index (χ2v) is 6.95. The van der Waals surface area contributed by atoms with Gasteiger partial charge in [0.05, 0.1) is 11.8 Å². The molecule has 88 valence electrons. The van der Waals surface area contributed by atoms with Gasteiger partial charge in [0.1, 0.15) is 9.84 Å². The highest BCUT2D eigenvalue weighted by Crippen LogP contribution is 2.11. The lowest BCUT2D eigenvalue weighted by molar-refractivity contribution is -0.131. The van der Waals surface area contributed by atoms with Crippen LogP contribution in [0.25, 0.3) is 0 Å². The standard InChI is InChI=1S/C8H16N2O3S2/c1-10(3-4-15(2,12)13)8(11)7-5-14-6-9-7/h7,9H,3-6H2,1-2H3/t7-/m1/s1. The minimum atomic E-state index is -3.00.